The topological polar surface area (TPSA) is 69.0 Å². The highest BCUT2D eigenvalue weighted by molar-refractivity contribution is 6.04. The molecular formula is C25H24N4O2. The number of aromatic nitrogens is 3. The Balaban J connectivity index is 1.43. The Morgan fingerprint density at radius 3 is 2.42 bits per heavy atom. The highest BCUT2D eigenvalue weighted by Crippen LogP contribution is 2.22. The molecule has 0 unspecified atom stereocenters. The molecule has 4 rings (SSSR count). The van der Waals surface area contributed by atoms with Crippen molar-refractivity contribution >= 4 is 11.6 Å². The molecule has 156 valence electrons. The number of hydrogen-bond donors (Lipinski definition) is 1. The lowest BCUT2D eigenvalue weighted by Crippen LogP contribution is -2.12. The molecule has 6 heteroatoms. The van der Waals surface area contributed by atoms with Crippen molar-refractivity contribution < 1.29 is 9.53 Å². The van der Waals surface area contributed by atoms with Gasteiger partial charge in [0.1, 0.15) is 5.75 Å². The zero-order valence-electron chi connectivity index (χ0n) is 17.4. The Morgan fingerprint density at radius 2 is 1.71 bits per heavy atom. The van der Waals surface area contributed by atoms with Crippen molar-refractivity contribution in [2.75, 3.05) is 11.9 Å². The summed E-state index contributed by atoms with van der Waals surface area (Å²) in [6, 6.07) is 24.7. The first kappa shape index (κ1) is 20.3. The summed E-state index contributed by atoms with van der Waals surface area (Å²) in [6.07, 6.45) is 3.84. The average molecular weight is 412 g/mol. The lowest BCUT2D eigenvalue weighted by atomic mass is 10.1. The number of benzene rings is 3. The van der Waals surface area contributed by atoms with E-state index in [1.165, 1.54) is 0 Å². The first-order valence-electron chi connectivity index (χ1n) is 10.4. The van der Waals surface area contributed by atoms with Gasteiger partial charge in [0.2, 0.25) is 0 Å². The first-order chi connectivity index (χ1) is 15.2. The molecule has 1 heterocycles. The van der Waals surface area contributed by atoms with Crippen molar-refractivity contribution in [3.8, 4) is 22.7 Å². The fraction of sp³-hybridized carbons (Fsp3) is 0.160. The maximum absolute atomic E-state index is 12.6. The molecule has 0 saturated carbocycles. The molecule has 1 amide bonds. The van der Waals surface area contributed by atoms with Gasteiger partial charge in [-0.3, -0.25) is 4.79 Å². The molecule has 3 aromatic carbocycles. The predicted octanol–water partition coefficient (Wildman–Crippen LogP) is 5.37. The minimum absolute atomic E-state index is 0.168. The Labute approximate surface area is 181 Å². The summed E-state index contributed by atoms with van der Waals surface area (Å²) < 4.78 is 7.42. The largest absolute Gasteiger partial charge is 0.494 e. The molecule has 0 fully saturated rings. The van der Waals surface area contributed by atoms with Crippen LogP contribution in [0.1, 0.15) is 30.1 Å². The van der Waals surface area contributed by atoms with Gasteiger partial charge in [-0.25, -0.2) is 4.68 Å². The van der Waals surface area contributed by atoms with Crippen molar-refractivity contribution in [1.29, 1.82) is 0 Å². The van der Waals surface area contributed by atoms with E-state index in [4.69, 9.17) is 4.74 Å². The number of carbonyl (C=O) groups is 1. The summed E-state index contributed by atoms with van der Waals surface area (Å²) in [7, 11) is 0. The van der Waals surface area contributed by atoms with E-state index in [9.17, 15) is 4.79 Å². The molecule has 1 N–H and O–H groups in total. The molecule has 6 nitrogen and oxygen atoms in total. The lowest BCUT2D eigenvalue weighted by Gasteiger charge is -2.09. The van der Waals surface area contributed by atoms with E-state index in [0.29, 0.717) is 17.9 Å². The minimum Gasteiger partial charge on any atom is -0.494 e. The highest BCUT2D eigenvalue weighted by atomic mass is 16.5. The Hall–Kier alpha value is -3.93. The Morgan fingerprint density at radius 1 is 0.968 bits per heavy atom. The van der Waals surface area contributed by atoms with Gasteiger partial charge in [0, 0.05) is 16.8 Å². The standard InChI is InChI=1S/C25H24N4O2/c1-2-3-17-31-23-15-9-20(10-16-23)25(30)27-21-11-13-22(14-12-21)29-24(18-26-28-29)19-7-5-4-6-8-19/h4-16,18H,2-3,17H2,1H3,(H,27,30). The van der Waals surface area contributed by atoms with Crippen LogP contribution in [0, 0.1) is 0 Å². The number of amides is 1. The van der Waals surface area contributed by atoms with Gasteiger partial charge in [-0.2, -0.15) is 0 Å². The van der Waals surface area contributed by atoms with E-state index < -0.39 is 0 Å². The molecular weight excluding hydrogens is 388 g/mol. The van der Waals surface area contributed by atoms with Crippen LogP contribution >= 0.6 is 0 Å². The first-order valence-corrected chi connectivity index (χ1v) is 10.4. The molecule has 0 atom stereocenters. The zero-order valence-corrected chi connectivity index (χ0v) is 17.4. The highest BCUT2D eigenvalue weighted by Gasteiger charge is 2.10. The number of ether oxygens (including phenoxy) is 1. The summed E-state index contributed by atoms with van der Waals surface area (Å²) in [6.45, 7) is 2.81. The van der Waals surface area contributed by atoms with Crippen LogP contribution < -0.4 is 10.1 Å². The van der Waals surface area contributed by atoms with Crippen LogP contribution in [0.4, 0.5) is 5.69 Å². The van der Waals surface area contributed by atoms with E-state index in [0.717, 1.165) is 35.5 Å². The van der Waals surface area contributed by atoms with Crippen LogP contribution in [0.3, 0.4) is 0 Å². The second-order valence-electron chi connectivity index (χ2n) is 7.12. The number of nitrogens with one attached hydrogen (secondary N) is 1. The fourth-order valence-corrected chi connectivity index (χ4v) is 3.16. The number of hydrogen-bond acceptors (Lipinski definition) is 4. The summed E-state index contributed by atoms with van der Waals surface area (Å²) in [5, 5.41) is 11.2. The molecule has 4 aromatic rings. The number of anilines is 1. The fourth-order valence-electron chi connectivity index (χ4n) is 3.16. The predicted molar refractivity (Wildman–Crippen MR) is 122 cm³/mol. The molecule has 1 aromatic heterocycles. The van der Waals surface area contributed by atoms with Gasteiger partial charge in [-0.15, -0.1) is 5.10 Å². The molecule has 0 radical (unpaired) electrons. The quantitative estimate of drug-likeness (QED) is 0.395. The van der Waals surface area contributed by atoms with E-state index in [-0.39, 0.29) is 5.91 Å². The molecule has 0 aliphatic heterocycles. The van der Waals surface area contributed by atoms with Crippen LogP contribution in [0.15, 0.2) is 85.1 Å². The van der Waals surface area contributed by atoms with E-state index >= 15 is 0 Å². The third-order valence-corrected chi connectivity index (χ3v) is 4.87. The molecule has 0 spiro atoms. The van der Waals surface area contributed by atoms with Crippen LogP contribution in [0.25, 0.3) is 16.9 Å². The maximum atomic E-state index is 12.6. The molecule has 0 bridgehead atoms. The van der Waals surface area contributed by atoms with Crippen LogP contribution in [0.2, 0.25) is 0 Å². The second-order valence-corrected chi connectivity index (χ2v) is 7.12. The van der Waals surface area contributed by atoms with Gasteiger partial charge in [0.15, 0.2) is 0 Å². The molecule has 0 saturated heterocycles. The summed E-state index contributed by atoms with van der Waals surface area (Å²) in [5.41, 5.74) is 4.08. The van der Waals surface area contributed by atoms with E-state index in [2.05, 4.69) is 22.6 Å². The van der Waals surface area contributed by atoms with Crippen molar-refractivity contribution in [1.82, 2.24) is 15.0 Å². The number of nitrogens with zero attached hydrogens (tertiary/aromatic N) is 3. The normalized spacial score (nSPS) is 10.6. The average Bonchev–Trinajstić information content (AvgIpc) is 3.31. The maximum Gasteiger partial charge on any atom is 0.255 e. The number of unbranched alkanes of at least 4 members (excludes halogenated alkanes) is 1. The van der Waals surface area contributed by atoms with E-state index in [1.54, 1.807) is 23.0 Å². The van der Waals surface area contributed by atoms with Gasteiger partial charge in [-0.05, 0) is 55.0 Å². The van der Waals surface area contributed by atoms with Crippen molar-refractivity contribution in [2.24, 2.45) is 0 Å². The Bertz CT molecular complexity index is 1120. The molecule has 0 aliphatic rings. The number of rotatable bonds is 8. The third kappa shape index (κ3) is 4.98. The van der Waals surface area contributed by atoms with Gasteiger partial charge in [-0.1, -0.05) is 48.9 Å². The second kappa shape index (κ2) is 9.71. The monoisotopic (exact) mass is 412 g/mol. The van der Waals surface area contributed by atoms with Crippen molar-refractivity contribution in [3.63, 3.8) is 0 Å². The van der Waals surface area contributed by atoms with Crippen LogP contribution in [0.5, 0.6) is 5.75 Å². The summed E-state index contributed by atoms with van der Waals surface area (Å²) in [4.78, 5) is 12.6. The van der Waals surface area contributed by atoms with Crippen LogP contribution in [-0.4, -0.2) is 27.5 Å². The van der Waals surface area contributed by atoms with Gasteiger partial charge >= 0.3 is 0 Å². The smallest absolute Gasteiger partial charge is 0.255 e. The Kier molecular flexibility index (Phi) is 6.38. The SMILES string of the molecule is CCCCOc1ccc(C(=O)Nc2ccc(-n3nncc3-c3ccccc3)cc2)cc1. The van der Waals surface area contributed by atoms with Gasteiger partial charge < -0.3 is 10.1 Å². The molecule has 31 heavy (non-hydrogen) atoms. The summed E-state index contributed by atoms with van der Waals surface area (Å²) >= 11 is 0. The number of carbonyl (C=O) groups excluding carboxylic acids is 1. The van der Waals surface area contributed by atoms with Gasteiger partial charge in [0.25, 0.3) is 5.91 Å². The van der Waals surface area contributed by atoms with Gasteiger partial charge in [0.05, 0.1) is 24.2 Å². The minimum atomic E-state index is -0.168. The van der Waals surface area contributed by atoms with Crippen molar-refractivity contribution in [2.45, 2.75) is 19.8 Å². The van der Waals surface area contributed by atoms with Crippen molar-refractivity contribution in [3.05, 3.63) is 90.6 Å². The van der Waals surface area contributed by atoms with E-state index in [1.807, 2.05) is 66.7 Å². The third-order valence-electron chi connectivity index (χ3n) is 4.87. The zero-order chi connectivity index (χ0) is 21.5. The lowest BCUT2D eigenvalue weighted by molar-refractivity contribution is 0.102. The summed E-state index contributed by atoms with van der Waals surface area (Å²) in [5.74, 6) is 0.606. The molecule has 0 aliphatic carbocycles. The van der Waals surface area contributed by atoms with Crippen LogP contribution in [-0.2, 0) is 0 Å².